The molecule has 4 aliphatic heterocycles. The lowest BCUT2D eigenvalue weighted by Crippen LogP contribution is -2.44. The second kappa shape index (κ2) is 23.0. The van der Waals surface area contributed by atoms with Gasteiger partial charge in [-0.15, -0.1) is 21.5 Å². The highest BCUT2D eigenvalue weighted by Crippen LogP contribution is 2.42. The molecule has 1 unspecified atom stereocenters. The molecule has 81 heavy (non-hydrogen) atoms. The molecule has 3 N–H and O–H groups in total. The number of amides is 5. The highest BCUT2D eigenvalue weighted by Gasteiger charge is 2.38. The number of halogens is 2. The molecule has 23 heteroatoms. The van der Waals surface area contributed by atoms with Gasteiger partial charge in [-0.3, -0.25) is 47.7 Å². The quantitative estimate of drug-likeness (QED) is 0.0963. The molecular formula is C58H63ClFN13O7S. The number of rotatable bonds is 15. The molecule has 8 heterocycles. The smallest absolute Gasteiger partial charge is 0.322 e. The zero-order valence-electron chi connectivity index (χ0n) is 45.6. The minimum Gasteiger partial charge on any atom is -0.480 e. The maximum atomic E-state index is 16.0. The van der Waals surface area contributed by atoms with Crippen LogP contribution in [0.3, 0.4) is 0 Å². The van der Waals surface area contributed by atoms with E-state index in [1.165, 1.54) is 6.07 Å². The number of aliphatic imine (C=N–C) groups is 1. The number of fused-ring (bicyclic) bond motifs is 5. The maximum Gasteiger partial charge on any atom is 0.322 e. The summed E-state index contributed by atoms with van der Waals surface area (Å²) in [7, 11) is 1.79. The summed E-state index contributed by atoms with van der Waals surface area (Å²) in [4.78, 5) is 90.4. The van der Waals surface area contributed by atoms with Gasteiger partial charge in [0, 0.05) is 102 Å². The lowest BCUT2D eigenvalue weighted by Gasteiger charge is -2.33. The predicted octanol–water partition coefficient (Wildman–Crippen LogP) is 6.82. The molecule has 422 valence electrons. The second-order valence-electron chi connectivity index (χ2n) is 21.7. The van der Waals surface area contributed by atoms with Crippen molar-refractivity contribution in [2.24, 2.45) is 23.9 Å². The topological polar surface area (TPSA) is 235 Å². The molecular weight excluding hydrogens is 1080 g/mol. The predicted molar refractivity (Wildman–Crippen MR) is 303 cm³/mol. The summed E-state index contributed by atoms with van der Waals surface area (Å²) in [6, 6.07) is 15.7. The number of benzene rings is 3. The van der Waals surface area contributed by atoms with E-state index in [0.717, 1.165) is 50.0 Å². The maximum absolute atomic E-state index is 16.0. The number of nitrogens with zero attached hydrogens (tertiary/aromatic N) is 11. The lowest BCUT2D eigenvalue weighted by molar-refractivity contribution is -0.140. The third-order valence-corrected chi connectivity index (χ3v) is 18.1. The number of carboxylic acid groups (broad SMARTS) is 1. The molecule has 3 aromatic carbocycles. The van der Waals surface area contributed by atoms with Gasteiger partial charge in [0.25, 0.3) is 0 Å². The van der Waals surface area contributed by atoms with Gasteiger partial charge in [-0.25, -0.2) is 4.39 Å². The van der Waals surface area contributed by atoms with E-state index in [1.807, 2.05) is 62.6 Å². The number of carbonyl (C=O) groups excluding carboxylic acids is 5. The largest absolute Gasteiger partial charge is 0.480 e. The number of piperidine rings is 2. The monoisotopic (exact) mass is 1140 g/mol. The average molecular weight is 1140 g/mol. The molecule has 4 aromatic heterocycles. The Balaban J connectivity index is 0.691. The van der Waals surface area contributed by atoms with Crippen LogP contribution in [0.2, 0.25) is 5.02 Å². The van der Waals surface area contributed by atoms with Gasteiger partial charge >= 0.3 is 5.97 Å². The van der Waals surface area contributed by atoms with Crippen LogP contribution < -0.4 is 10.6 Å². The van der Waals surface area contributed by atoms with Crippen LogP contribution in [0.4, 0.5) is 4.39 Å². The molecule has 7 aromatic rings. The summed E-state index contributed by atoms with van der Waals surface area (Å²) in [5, 5.41) is 34.9. The molecule has 0 spiro atoms. The van der Waals surface area contributed by atoms with Crippen LogP contribution in [0, 0.1) is 38.4 Å². The van der Waals surface area contributed by atoms with Gasteiger partial charge < -0.3 is 30.4 Å². The molecule has 3 saturated heterocycles. The Morgan fingerprint density at radius 1 is 0.815 bits per heavy atom. The van der Waals surface area contributed by atoms with E-state index in [9.17, 15) is 28.8 Å². The van der Waals surface area contributed by atoms with Gasteiger partial charge in [0.15, 0.2) is 5.82 Å². The molecule has 2 atom stereocenters. The fourth-order valence-electron chi connectivity index (χ4n) is 12.1. The van der Waals surface area contributed by atoms with Crippen molar-refractivity contribution in [1.29, 1.82) is 0 Å². The van der Waals surface area contributed by atoms with E-state index in [0.29, 0.717) is 122 Å². The van der Waals surface area contributed by atoms with Gasteiger partial charge in [0.05, 0.1) is 41.6 Å². The van der Waals surface area contributed by atoms with Crippen LogP contribution in [0.5, 0.6) is 0 Å². The molecule has 0 saturated carbocycles. The Bertz CT molecular complexity index is 3660. The van der Waals surface area contributed by atoms with Gasteiger partial charge in [-0.1, -0.05) is 35.9 Å². The number of hydrogen-bond acceptors (Lipinski definition) is 12. The summed E-state index contributed by atoms with van der Waals surface area (Å²) in [6.07, 6.45) is 5.84. The Labute approximate surface area is 475 Å². The minimum atomic E-state index is -1.21. The number of hydrogen-bond donors (Lipinski definition) is 3. The van der Waals surface area contributed by atoms with Crippen LogP contribution >= 0.6 is 22.9 Å². The minimum absolute atomic E-state index is 0.0454. The first-order valence-electron chi connectivity index (χ1n) is 27.6. The van der Waals surface area contributed by atoms with Gasteiger partial charge in [-0.05, 0) is 107 Å². The average Bonchev–Trinajstić information content (AvgIpc) is 4.45. The first-order chi connectivity index (χ1) is 39.0. The molecule has 20 nitrogen and oxygen atoms in total. The van der Waals surface area contributed by atoms with E-state index in [1.54, 1.807) is 46.1 Å². The van der Waals surface area contributed by atoms with Crippen molar-refractivity contribution in [3.63, 3.8) is 0 Å². The van der Waals surface area contributed by atoms with Crippen molar-refractivity contribution in [1.82, 2.24) is 59.7 Å². The SMILES string of the molecule is Cc1sc2c(c1C)C(c1ccc(Cl)cc1)=N[C@@H](CC(=O)N1CCC(C(=O)N3CCC(CCC(=O)N4CCC(c5nn(CC(=O)NCC(=O)NCC(=O)O)c6cccc(-c7cc8c(cnn8C)cc7F)c56)CC4)C3)CC1)c1nnc(C)n1-2. The Hall–Kier alpha value is -7.85. The van der Waals surface area contributed by atoms with Crippen LogP contribution in [-0.4, -0.2) is 148 Å². The number of likely N-dealkylation sites (tertiary alicyclic amines) is 3. The molecule has 4 aliphatic rings. The first-order valence-corrected chi connectivity index (χ1v) is 28.8. The van der Waals surface area contributed by atoms with Crippen LogP contribution in [-0.2, 0) is 42.4 Å². The van der Waals surface area contributed by atoms with E-state index >= 15 is 4.39 Å². The second-order valence-corrected chi connectivity index (χ2v) is 23.4. The normalized spacial score (nSPS) is 17.8. The molecule has 11 rings (SSSR count). The van der Waals surface area contributed by atoms with E-state index in [2.05, 4.69) is 39.8 Å². The fraction of sp³-hybridized carbons (Fsp3) is 0.431. The summed E-state index contributed by atoms with van der Waals surface area (Å²) in [5.74, 6) is -1.51. The molecule has 0 aliphatic carbocycles. The highest BCUT2D eigenvalue weighted by molar-refractivity contribution is 7.15. The number of aryl methyl sites for hydroxylation is 3. The third-order valence-electron chi connectivity index (χ3n) is 16.6. The van der Waals surface area contributed by atoms with Gasteiger partial charge in [0.1, 0.15) is 35.8 Å². The number of aromatic nitrogens is 7. The summed E-state index contributed by atoms with van der Waals surface area (Å²) in [6.45, 7) is 7.96. The van der Waals surface area contributed by atoms with E-state index in [-0.39, 0.29) is 48.4 Å². The number of nitrogens with one attached hydrogen (secondary N) is 2. The van der Waals surface area contributed by atoms with Crippen molar-refractivity contribution in [3.05, 3.63) is 111 Å². The summed E-state index contributed by atoms with van der Waals surface area (Å²) >= 11 is 7.97. The number of aliphatic carboxylic acids is 1. The number of thiophene rings is 1. The van der Waals surface area contributed by atoms with Crippen LogP contribution in [0.25, 0.3) is 37.9 Å². The zero-order chi connectivity index (χ0) is 56.8. The zero-order valence-corrected chi connectivity index (χ0v) is 47.2. The van der Waals surface area contributed by atoms with E-state index < -0.39 is 42.7 Å². The van der Waals surface area contributed by atoms with Crippen molar-refractivity contribution < 1.29 is 38.3 Å². The molecule has 5 amide bonds. The van der Waals surface area contributed by atoms with Crippen molar-refractivity contribution in [2.75, 3.05) is 52.4 Å². The van der Waals surface area contributed by atoms with Gasteiger partial charge in [-0.2, -0.15) is 10.2 Å². The Morgan fingerprint density at radius 2 is 1.53 bits per heavy atom. The lowest BCUT2D eigenvalue weighted by atomic mass is 9.88. The highest BCUT2D eigenvalue weighted by atomic mass is 35.5. The number of carboxylic acids is 1. The molecule has 3 fully saturated rings. The Morgan fingerprint density at radius 3 is 2.28 bits per heavy atom. The van der Waals surface area contributed by atoms with Crippen molar-refractivity contribution in [2.45, 2.75) is 90.6 Å². The number of carbonyl (C=O) groups is 6. The summed E-state index contributed by atoms with van der Waals surface area (Å²) < 4.78 is 21.3. The van der Waals surface area contributed by atoms with Crippen LogP contribution in [0.15, 0.2) is 65.8 Å². The van der Waals surface area contributed by atoms with Crippen molar-refractivity contribution in [3.8, 4) is 16.1 Å². The Kier molecular flexibility index (Phi) is 15.6. The molecule has 0 bridgehead atoms. The third kappa shape index (κ3) is 11.2. The first kappa shape index (κ1) is 55.1. The fourth-order valence-corrected chi connectivity index (χ4v) is 13.4. The van der Waals surface area contributed by atoms with Crippen LogP contribution in [0.1, 0.15) is 102 Å². The summed E-state index contributed by atoms with van der Waals surface area (Å²) in [5.41, 5.74) is 6.76. The molecule has 0 radical (unpaired) electrons. The van der Waals surface area contributed by atoms with Crippen molar-refractivity contribution >= 4 is 86.0 Å². The standard InChI is InChI=1S/C58H63ClFN13O7S/c1-32-33(2)81-58-52(32)54(36-9-11-40(59)12-10-36)64-44(56-66-65-34(3)73(56)58)26-50(77)70-22-17-38(18-23-70)57(80)71-19-14-35(30-71)8-13-49(76)69-20-15-37(16-21-69)55-53-41(42-25-46-39(24-43(42)60)27-63-68(46)4)6-5-7-45(53)72(67-55)31-48(75)61-28-47(74)62-29-51(78)79/h5-7,9-12,24-25,27,35,37-38,44H,8,13-23,26,28-31H2,1-4H3,(H,61,75)(H,62,74)(H,78,79)/t35?,44-/m0/s1. The van der Waals surface area contributed by atoms with Gasteiger partial charge in [0.2, 0.25) is 29.5 Å². The van der Waals surface area contributed by atoms with E-state index in [4.69, 9.17) is 26.8 Å².